The molecule has 2 aromatic rings. The van der Waals surface area contributed by atoms with Gasteiger partial charge < -0.3 is 14.8 Å². The molecular formula is C22H27BrN2O5S. The second-order valence-electron chi connectivity index (χ2n) is 7.29. The monoisotopic (exact) mass is 510 g/mol. The lowest BCUT2D eigenvalue weighted by Gasteiger charge is -2.25. The summed E-state index contributed by atoms with van der Waals surface area (Å²) in [6, 6.07) is 13.7. The zero-order valence-corrected chi connectivity index (χ0v) is 19.8. The minimum absolute atomic E-state index is 0.241. The molecule has 31 heavy (non-hydrogen) atoms. The van der Waals surface area contributed by atoms with E-state index in [0.717, 1.165) is 23.7 Å². The van der Waals surface area contributed by atoms with Crippen molar-refractivity contribution in [1.82, 2.24) is 9.62 Å². The molecule has 0 bridgehead atoms. The molecule has 0 spiro atoms. The van der Waals surface area contributed by atoms with E-state index in [1.54, 1.807) is 47.6 Å². The van der Waals surface area contributed by atoms with Crippen LogP contribution in [0.15, 0.2) is 57.9 Å². The van der Waals surface area contributed by atoms with E-state index >= 15 is 0 Å². The van der Waals surface area contributed by atoms with E-state index in [2.05, 4.69) is 21.2 Å². The van der Waals surface area contributed by atoms with Crippen molar-refractivity contribution < 1.29 is 22.7 Å². The van der Waals surface area contributed by atoms with Gasteiger partial charge in [-0.05, 0) is 68.3 Å². The number of hydrogen-bond acceptors (Lipinski definition) is 5. The number of carbonyl (C=O) groups excluding carboxylic acids is 1. The molecule has 1 atom stereocenters. The van der Waals surface area contributed by atoms with E-state index in [-0.39, 0.29) is 17.4 Å². The van der Waals surface area contributed by atoms with Crippen LogP contribution in [0.2, 0.25) is 0 Å². The maximum Gasteiger partial charge on any atom is 0.260 e. The molecule has 0 aliphatic carbocycles. The summed E-state index contributed by atoms with van der Waals surface area (Å²) >= 11 is 3.35. The molecule has 1 amide bonds. The number of rotatable bonds is 9. The Morgan fingerprint density at radius 3 is 2.29 bits per heavy atom. The van der Waals surface area contributed by atoms with Gasteiger partial charge in [-0.2, -0.15) is 4.31 Å². The minimum Gasteiger partial charge on any atom is -0.492 e. The molecule has 3 rings (SSSR count). The Kier molecular flexibility index (Phi) is 8.34. The number of benzene rings is 2. The predicted molar refractivity (Wildman–Crippen MR) is 122 cm³/mol. The van der Waals surface area contributed by atoms with Crippen molar-refractivity contribution in [1.29, 1.82) is 0 Å². The fraction of sp³-hybridized carbons (Fsp3) is 0.409. The number of hydrogen-bond donors (Lipinski definition) is 1. The lowest BCUT2D eigenvalue weighted by atomic mass is 10.2. The summed E-state index contributed by atoms with van der Waals surface area (Å²) in [5, 5.41) is 2.76. The molecule has 0 saturated carbocycles. The number of nitrogens with one attached hydrogen (secondary N) is 1. The number of nitrogens with zero attached hydrogens (tertiary/aromatic N) is 1. The molecule has 168 valence electrons. The fourth-order valence-electron chi connectivity index (χ4n) is 3.22. The average Bonchev–Trinajstić information content (AvgIpc) is 2.79. The smallest absolute Gasteiger partial charge is 0.260 e. The van der Waals surface area contributed by atoms with Crippen molar-refractivity contribution in [3.05, 3.63) is 53.0 Å². The molecule has 2 aromatic carbocycles. The summed E-state index contributed by atoms with van der Waals surface area (Å²) in [5.41, 5.74) is 0. The summed E-state index contributed by atoms with van der Waals surface area (Å²) in [7, 11) is -3.45. The van der Waals surface area contributed by atoms with E-state index in [0.29, 0.717) is 31.1 Å². The van der Waals surface area contributed by atoms with Crippen LogP contribution in [-0.4, -0.2) is 51.0 Å². The first kappa shape index (κ1) is 23.6. The van der Waals surface area contributed by atoms with Gasteiger partial charge in [0.15, 0.2) is 6.10 Å². The van der Waals surface area contributed by atoms with Crippen molar-refractivity contribution >= 4 is 31.9 Å². The van der Waals surface area contributed by atoms with Crippen LogP contribution in [0.5, 0.6) is 11.5 Å². The van der Waals surface area contributed by atoms with E-state index < -0.39 is 16.1 Å². The van der Waals surface area contributed by atoms with Crippen LogP contribution in [0, 0.1) is 0 Å². The van der Waals surface area contributed by atoms with Crippen LogP contribution in [0.3, 0.4) is 0 Å². The Labute approximate surface area is 191 Å². The Balaban J connectivity index is 1.42. The van der Waals surface area contributed by atoms with Gasteiger partial charge in [-0.25, -0.2) is 8.42 Å². The van der Waals surface area contributed by atoms with Crippen LogP contribution in [0.1, 0.15) is 26.2 Å². The molecule has 7 nitrogen and oxygen atoms in total. The molecule has 1 N–H and O–H groups in total. The SMILES string of the molecule is CC(Oc1ccc(Br)cc1)C(=O)NCCOc1ccc(S(=O)(=O)N2CCCCC2)cc1. The first-order valence-electron chi connectivity index (χ1n) is 10.3. The third kappa shape index (κ3) is 6.69. The van der Waals surface area contributed by atoms with Gasteiger partial charge in [0.05, 0.1) is 11.4 Å². The van der Waals surface area contributed by atoms with Gasteiger partial charge in [0.25, 0.3) is 5.91 Å². The van der Waals surface area contributed by atoms with Gasteiger partial charge in [-0.15, -0.1) is 0 Å². The van der Waals surface area contributed by atoms with Gasteiger partial charge in [0.2, 0.25) is 10.0 Å². The third-order valence-electron chi connectivity index (χ3n) is 4.94. The standard InChI is InChI=1S/C22H27BrN2O5S/c1-17(30-20-7-5-18(23)6-8-20)22(26)24-13-16-29-19-9-11-21(12-10-19)31(27,28)25-14-3-2-4-15-25/h5-12,17H,2-4,13-16H2,1H3,(H,24,26). The normalized spacial score (nSPS) is 15.8. The number of amides is 1. The van der Waals surface area contributed by atoms with Gasteiger partial charge in [0, 0.05) is 17.6 Å². The van der Waals surface area contributed by atoms with E-state index in [4.69, 9.17) is 9.47 Å². The Morgan fingerprint density at radius 1 is 1.03 bits per heavy atom. The van der Waals surface area contributed by atoms with Crippen molar-refractivity contribution in [2.24, 2.45) is 0 Å². The van der Waals surface area contributed by atoms with Crippen LogP contribution in [-0.2, 0) is 14.8 Å². The fourth-order valence-corrected chi connectivity index (χ4v) is 5.00. The highest BCUT2D eigenvalue weighted by molar-refractivity contribution is 9.10. The molecule has 1 aliphatic heterocycles. The van der Waals surface area contributed by atoms with E-state index in [1.165, 1.54) is 0 Å². The zero-order valence-electron chi connectivity index (χ0n) is 17.4. The average molecular weight is 511 g/mol. The molecule has 1 aliphatic rings. The molecule has 0 radical (unpaired) electrons. The number of ether oxygens (including phenoxy) is 2. The third-order valence-corrected chi connectivity index (χ3v) is 7.38. The van der Waals surface area contributed by atoms with Gasteiger partial charge in [-0.1, -0.05) is 22.4 Å². The van der Waals surface area contributed by atoms with Crippen LogP contribution in [0.4, 0.5) is 0 Å². The predicted octanol–water partition coefficient (Wildman–Crippen LogP) is 3.59. The topological polar surface area (TPSA) is 84.9 Å². The first-order valence-corrected chi connectivity index (χ1v) is 12.5. The lowest BCUT2D eigenvalue weighted by molar-refractivity contribution is -0.127. The number of carbonyl (C=O) groups is 1. The van der Waals surface area contributed by atoms with E-state index in [9.17, 15) is 13.2 Å². The highest BCUT2D eigenvalue weighted by Crippen LogP contribution is 2.22. The molecule has 1 saturated heterocycles. The highest BCUT2D eigenvalue weighted by atomic mass is 79.9. The number of halogens is 1. The maximum absolute atomic E-state index is 12.7. The maximum atomic E-state index is 12.7. The van der Waals surface area contributed by atoms with Crippen molar-refractivity contribution in [2.75, 3.05) is 26.2 Å². The Hall–Kier alpha value is -2.10. The van der Waals surface area contributed by atoms with E-state index in [1.807, 2.05) is 12.1 Å². The lowest BCUT2D eigenvalue weighted by Crippen LogP contribution is -2.38. The van der Waals surface area contributed by atoms with Crippen LogP contribution < -0.4 is 14.8 Å². The second-order valence-corrected chi connectivity index (χ2v) is 10.1. The highest BCUT2D eigenvalue weighted by Gasteiger charge is 2.25. The van der Waals surface area contributed by atoms with Crippen LogP contribution in [0.25, 0.3) is 0 Å². The molecule has 1 heterocycles. The Morgan fingerprint density at radius 2 is 1.65 bits per heavy atom. The molecule has 1 fully saturated rings. The Bertz CT molecular complexity index is 958. The number of sulfonamides is 1. The minimum atomic E-state index is -3.45. The zero-order chi connectivity index (χ0) is 22.3. The second kappa shape index (κ2) is 11.0. The quantitative estimate of drug-likeness (QED) is 0.521. The number of piperidine rings is 1. The van der Waals surface area contributed by atoms with Crippen molar-refractivity contribution in [3.8, 4) is 11.5 Å². The molecule has 0 aromatic heterocycles. The molecular weight excluding hydrogens is 484 g/mol. The van der Waals surface area contributed by atoms with Crippen LogP contribution >= 0.6 is 15.9 Å². The summed E-state index contributed by atoms with van der Waals surface area (Å²) < 4.78 is 39.0. The van der Waals surface area contributed by atoms with Gasteiger partial charge in [-0.3, -0.25) is 4.79 Å². The van der Waals surface area contributed by atoms with Gasteiger partial charge in [0.1, 0.15) is 18.1 Å². The summed E-state index contributed by atoms with van der Waals surface area (Å²) in [5.74, 6) is 0.919. The first-order chi connectivity index (χ1) is 14.9. The molecule has 1 unspecified atom stereocenters. The van der Waals surface area contributed by atoms with Crippen molar-refractivity contribution in [2.45, 2.75) is 37.2 Å². The van der Waals surface area contributed by atoms with Gasteiger partial charge >= 0.3 is 0 Å². The summed E-state index contributed by atoms with van der Waals surface area (Å²) in [4.78, 5) is 12.4. The van der Waals surface area contributed by atoms with Crippen molar-refractivity contribution in [3.63, 3.8) is 0 Å². The summed E-state index contributed by atoms with van der Waals surface area (Å²) in [6.07, 6.45) is 2.24. The molecule has 9 heteroatoms. The largest absolute Gasteiger partial charge is 0.492 e. The summed E-state index contributed by atoms with van der Waals surface area (Å²) in [6.45, 7) is 3.39.